The van der Waals surface area contributed by atoms with Crippen LogP contribution in [0.25, 0.3) is 0 Å². The van der Waals surface area contributed by atoms with Crippen molar-refractivity contribution in [3.05, 3.63) is 11.8 Å². The summed E-state index contributed by atoms with van der Waals surface area (Å²) >= 11 is 0. The third-order valence-corrected chi connectivity index (χ3v) is 2.75. The highest BCUT2D eigenvalue weighted by molar-refractivity contribution is 5.97. The van der Waals surface area contributed by atoms with Crippen molar-refractivity contribution in [1.29, 1.82) is 5.26 Å². The lowest BCUT2D eigenvalue weighted by Crippen LogP contribution is -2.43. The zero-order valence-corrected chi connectivity index (χ0v) is 11.6. The van der Waals surface area contributed by atoms with E-state index in [9.17, 15) is 9.59 Å². The molecule has 1 aliphatic heterocycles. The second kappa shape index (κ2) is 7.50. The topological polar surface area (TPSA) is 103 Å². The molecule has 1 rings (SSSR count). The van der Waals surface area contributed by atoms with Crippen LogP contribution in [0.1, 0.15) is 20.3 Å². The van der Waals surface area contributed by atoms with Crippen molar-refractivity contribution >= 4 is 11.9 Å². The monoisotopic (exact) mass is 281 g/mol. The molecule has 20 heavy (non-hydrogen) atoms. The zero-order chi connectivity index (χ0) is 15.1. The summed E-state index contributed by atoms with van der Waals surface area (Å²) in [6.07, 6.45) is 1.40. The Bertz CT molecular complexity index is 431. The van der Waals surface area contributed by atoms with E-state index < -0.39 is 11.9 Å². The molecular weight excluding hydrogens is 262 g/mol. The average molecular weight is 281 g/mol. The van der Waals surface area contributed by atoms with Crippen LogP contribution < -0.4 is 5.32 Å². The lowest BCUT2D eigenvalue weighted by Gasteiger charge is -2.34. The third kappa shape index (κ3) is 5.28. The molecule has 0 spiro atoms. The SMILES string of the molecule is CC1CN(/C=C(/C#N)C(=O)NCCC(=O)O)CC(C)O1. The number of carbonyl (C=O) groups is 2. The van der Waals surface area contributed by atoms with Gasteiger partial charge in [0.2, 0.25) is 0 Å². The lowest BCUT2D eigenvalue weighted by atomic mass is 10.2. The van der Waals surface area contributed by atoms with Crippen LogP contribution in [0.3, 0.4) is 0 Å². The normalized spacial score (nSPS) is 23.1. The van der Waals surface area contributed by atoms with Gasteiger partial charge in [-0.25, -0.2) is 0 Å². The van der Waals surface area contributed by atoms with Gasteiger partial charge in [-0.05, 0) is 13.8 Å². The van der Waals surface area contributed by atoms with Crippen molar-refractivity contribution in [2.75, 3.05) is 19.6 Å². The third-order valence-electron chi connectivity index (χ3n) is 2.75. The molecule has 0 aliphatic carbocycles. The lowest BCUT2D eigenvalue weighted by molar-refractivity contribution is -0.136. The van der Waals surface area contributed by atoms with Gasteiger partial charge in [-0.1, -0.05) is 0 Å². The number of amides is 1. The Morgan fingerprint density at radius 2 is 2.05 bits per heavy atom. The van der Waals surface area contributed by atoms with Crippen LogP contribution in [-0.2, 0) is 14.3 Å². The van der Waals surface area contributed by atoms with Gasteiger partial charge in [0, 0.05) is 25.8 Å². The van der Waals surface area contributed by atoms with Crippen molar-refractivity contribution in [3.63, 3.8) is 0 Å². The number of morpholine rings is 1. The number of carboxylic acids is 1. The van der Waals surface area contributed by atoms with E-state index in [1.54, 1.807) is 0 Å². The van der Waals surface area contributed by atoms with Crippen LogP contribution in [0.2, 0.25) is 0 Å². The fourth-order valence-corrected chi connectivity index (χ4v) is 2.02. The molecule has 110 valence electrons. The largest absolute Gasteiger partial charge is 0.481 e. The quantitative estimate of drug-likeness (QED) is 0.547. The maximum atomic E-state index is 11.7. The van der Waals surface area contributed by atoms with E-state index in [4.69, 9.17) is 15.1 Å². The first-order valence-electron chi connectivity index (χ1n) is 6.43. The van der Waals surface area contributed by atoms with Gasteiger partial charge in [-0.3, -0.25) is 9.59 Å². The molecule has 7 nitrogen and oxygen atoms in total. The van der Waals surface area contributed by atoms with Crippen molar-refractivity contribution in [1.82, 2.24) is 10.2 Å². The summed E-state index contributed by atoms with van der Waals surface area (Å²) in [4.78, 5) is 24.0. The van der Waals surface area contributed by atoms with Crippen LogP contribution >= 0.6 is 0 Å². The molecule has 0 aromatic rings. The van der Waals surface area contributed by atoms with E-state index in [1.807, 2.05) is 24.8 Å². The average Bonchev–Trinajstić information content (AvgIpc) is 2.34. The van der Waals surface area contributed by atoms with Crippen LogP contribution in [0.5, 0.6) is 0 Å². The standard InChI is InChI=1S/C13H19N3O4/c1-9-6-16(7-10(2)20-9)8-11(5-14)13(19)15-4-3-12(17)18/h8-10H,3-4,6-7H2,1-2H3,(H,15,19)(H,17,18)/b11-8-. The second-order valence-electron chi connectivity index (χ2n) is 4.77. The number of hydrogen-bond acceptors (Lipinski definition) is 5. The number of nitrogens with one attached hydrogen (secondary N) is 1. The molecule has 1 fully saturated rings. The predicted octanol–water partition coefficient (Wildman–Crippen LogP) is 0.0940. The Morgan fingerprint density at radius 1 is 1.45 bits per heavy atom. The molecule has 2 atom stereocenters. The minimum Gasteiger partial charge on any atom is -0.481 e. The maximum absolute atomic E-state index is 11.7. The Morgan fingerprint density at radius 3 is 2.55 bits per heavy atom. The van der Waals surface area contributed by atoms with Gasteiger partial charge in [0.25, 0.3) is 5.91 Å². The minimum atomic E-state index is -0.997. The molecule has 1 saturated heterocycles. The zero-order valence-electron chi connectivity index (χ0n) is 11.6. The highest BCUT2D eigenvalue weighted by Crippen LogP contribution is 2.12. The maximum Gasteiger partial charge on any atom is 0.305 e. The fraction of sp³-hybridized carbons (Fsp3) is 0.615. The summed E-state index contributed by atoms with van der Waals surface area (Å²) in [5.74, 6) is -1.55. The van der Waals surface area contributed by atoms with Gasteiger partial charge >= 0.3 is 5.97 Å². The number of nitriles is 1. The molecule has 2 unspecified atom stereocenters. The van der Waals surface area contributed by atoms with Crippen LogP contribution in [0.4, 0.5) is 0 Å². The summed E-state index contributed by atoms with van der Waals surface area (Å²) in [5.41, 5.74) is -0.0308. The highest BCUT2D eigenvalue weighted by Gasteiger charge is 2.21. The number of carboxylic acid groups (broad SMARTS) is 1. The minimum absolute atomic E-state index is 0.00308. The Hall–Kier alpha value is -2.07. The molecule has 0 aromatic carbocycles. The van der Waals surface area contributed by atoms with E-state index >= 15 is 0 Å². The Labute approximate surface area is 117 Å². The molecule has 0 aromatic heterocycles. The number of aliphatic carboxylic acids is 1. The smallest absolute Gasteiger partial charge is 0.305 e. The summed E-state index contributed by atoms with van der Waals surface area (Å²) in [6.45, 7) is 5.07. The van der Waals surface area contributed by atoms with Gasteiger partial charge in [0.05, 0.1) is 18.6 Å². The summed E-state index contributed by atoms with van der Waals surface area (Å²) in [7, 11) is 0. The van der Waals surface area contributed by atoms with Gasteiger partial charge in [0.1, 0.15) is 11.6 Å². The van der Waals surface area contributed by atoms with E-state index in [0.29, 0.717) is 13.1 Å². The van der Waals surface area contributed by atoms with Crippen LogP contribution in [0.15, 0.2) is 11.8 Å². The number of carbonyl (C=O) groups excluding carboxylic acids is 1. The Balaban J connectivity index is 2.60. The van der Waals surface area contributed by atoms with Gasteiger partial charge in [-0.15, -0.1) is 0 Å². The highest BCUT2D eigenvalue weighted by atomic mass is 16.5. The van der Waals surface area contributed by atoms with E-state index in [2.05, 4.69) is 5.32 Å². The van der Waals surface area contributed by atoms with Crippen LogP contribution in [-0.4, -0.2) is 53.7 Å². The number of rotatable bonds is 5. The molecule has 2 N–H and O–H groups in total. The molecule has 1 amide bonds. The van der Waals surface area contributed by atoms with Gasteiger partial charge < -0.3 is 20.1 Å². The summed E-state index contributed by atoms with van der Waals surface area (Å²) < 4.78 is 5.56. The van der Waals surface area contributed by atoms with Crippen molar-refractivity contribution < 1.29 is 19.4 Å². The predicted molar refractivity (Wildman–Crippen MR) is 70.5 cm³/mol. The first-order valence-corrected chi connectivity index (χ1v) is 6.43. The molecule has 0 bridgehead atoms. The first kappa shape index (κ1) is 16.0. The van der Waals surface area contributed by atoms with Crippen molar-refractivity contribution in [2.24, 2.45) is 0 Å². The Kier molecular flexibility index (Phi) is 6.00. The van der Waals surface area contributed by atoms with Crippen molar-refractivity contribution in [3.8, 4) is 6.07 Å². The first-order chi connectivity index (χ1) is 9.42. The van der Waals surface area contributed by atoms with Gasteiger partial charge in [0.15, 0.2) is 0 Å². The summed E-state index contributed by atoms with van der Waals surface area (Å²) in [5, 5.41) is 19.9. The number of hydrogen-bond donors (Lipinski definition) is 2. The van der Waals surface area contributed by atoms with Crippen LogP contribution in [0, 0.1) is 11.3 Å². The number of ether oxygens (including phenoxy) is 1. The second-order valence-corrected chi connectivity index (χ2v) is 4.77. The molecule has 1 heterocycles. The van der Waals surface area contributed by atoms with E-state index in [-0.39, 0.29) is 30.7 Å². The van der Waals surface area contributed by atoms with E-state index in [0.717, 1.165) is 0 Å². The van der Waals surface area contributed by atoms with Gasteiger partial charge in [-0.2, -0.15) is 5.26 Å². The number of nitrogens with zero attached hydrogens (tertiary/aromatic N) is 2. The molecule has 0 radical (unpaired) electrons. The molecule has 1 aliphatic rings. The molecule has 7 heteroatoms. The molecule has 0 saturated carbocycles. The fourth-order valence-electron chi connectivity index (χ4n) is 2.02. The van der Waals surface area contributed by atoms with E-state index in [1.165, 1.54) is 6.20 Å². The van der Waals surface area contributed by atoms with Crippen molar-refractivity contribution in [2.45, 2.75) is 32.5 Å². The molecular formula is C13H19N3O4. The summed E-state index contributed by atoms with van der Waals surface area (Å²) in [6, 6.07) is 1.84.